The summed E-state index contributed by atoms with van der Waals surface area (Å²) >= 11 is 0. The van der Waals surface area contributed by atoms with Gasteiger partial charge in [-0.3, -0.25) is 0 Å². The van der Waals surface area contributed by atoms with E-state index in [4.69, 9.17) is 9.47 Å². The highest BCUT2D eigenvalue weighted by Crippen LogP contribution is 2.37. The Bertz CT molecular complexity index is 605. The molecular weight excluding hydrogens is 250 g/mol. The SMILES string of the molecule is COc1ccc(-c2c(OC)ccc3c2CNCC3)cc1. The second-order valence-corrected chi connectivity index (χ2v) is 4.94. The molecule has 0 atom stereocenters. The molecule has 1 aliphatic rings. The number of hydrogen-bond donors (Lipinski definition) is 1. The molecule has 0 fully saturated rings. The molecule has 1 N–H and O–H groups in total. The minimum atomic E-state index is 0.871. The number of hydrogen-bond acceptors (Lipinski definition) is 3. The average Bonchev–Trinajstić information content (AvgIpc) is 2.54. The summed E-state index contributed by atoms with van der Waals surface area (Å²) < 4.78 is 10.8. The molecule has 3 heteroatoms. The first-order chi connectivity index (χ1) is 9.83. The fourth-order valence-electron chi connectivity index (χ4n) is 2.79. The van der Waals surface area contributed by atoms with Crippen LogP contribution < -0.4 is 14.8 Å². The van der Waals surface area contributed by atoms with E-state index >= 15 is 0 Å². The van der Waals surface area contributed by atoms with Gasteiger partial charge in [0.05, 0.1) is 14.2 Å². The zero-order chi connectivity index (χ0) is 13.9. The van der Waals surface area contributed by atoms with Crippen molar-refractivity contribution in [2.45, 2.75) is 13.0 Å². The minimum Gasteiger partial charge on any atom is -0.497 e. The van der Waals surface area contributed by atoms with Crippen molar-refractivity contribution in [1.82, 2.24) is 5.32 Å². The molecule has 0 unspecified atom stereocenters. The summed E-state index contributed by atoms with van der Waals surface area (Å²) in [6.07, 6.45) is 1.07. The van der Waals surface area contributed by atoms with Gasteiger partial charge in [0.15, 0.2) is 0 Å². The lowest BCUT2D eigenvalue weighted by atomic mass is 9.91. The first-order valence-electron chi connectivity index (χ1n) is 6.87. The molecule has 1 aliphatic heterocycles. The van der Waals surface area contributed by atoms with Crippen LogP contribution in [0.25, 0.3) is 11.1 Å². The Morgan fingerprint density at radius 3 is 2.45 bits per heavy atom. The molecule has 0 saturated heterocycles. The first-order valence-corrected chi connectivity index (χ1v) is 6.87. The molecule has 104 valence electrons. The van der Waals surface area contributed by atoms with E-state index < -0.39 is 0 Å². The van der Waals surface area contributed by atoms with Gasteiger partial charge < -0.3 is 14.8 Å². The van der Waals surface area contributed by atoms with Crippen LogP contribution in [-0.4, -0.2) is 20.8 Å². The van der Waals surface area contributed by atoms with E-state index in [-0.39, 0.29) is 0 Å². The smallest absolute Gasteiger partial charge is 0.127 e. The summed E-state index contributed by atoms with van der Waals surface area (Å²) in [5.74, 6) is 1.80. The molecule has 3 nitrogen and oxygen atoms in total. The summed E-state index contributed by atoms with van der Waals surface area (Å²) in [5.41, 5.74) is 5.12. The number of methoxy groups -OCH3 is 2. The summed E-state index contributed by atoms with van der Waals surface area (Å²) in [5, 5.41) is 3.44. The third-order valence-electron chi connectivity index (χ3n) is 3.84. The lowest BCUT2D eigenvalue weighted by Crippen LogP contribution is -2.24. The van der Waals surface area contributed by atoms with Crippen molar-refractivity contribution in [2.75, 3.05) is 20.8 Å². The van der Waals surface area contributed by atoms with Gasteiger partial charge >= 0.3 is 0 Å². The van der Waals surface area contributed by atoms with E-state index in [0.717, 1.165) is 31.0 Å². The predicted molar refractivity (Wildman–Crippen MR) is 80.4 cm³/mol. The molecule has 20 heavy (non-hydrogen) atoms. The third kappa shape index (κ3) is 2.25. The van der Waals surface area contributed by atoms with Crippen LogP contribution in [0.1, 0.15) is 11.1 Å². The van der Waals surface area contributed by atoms with Crippen molar-refractivity contribution >= 4 is 0 Å². The second kappa shape index (κ2) is 5.55. The molecule has 2 aromatic rings. The molecule has 0 radical (unpaired) electrons. The Morgan fingerprint density at radius 1 is 0.950 bits per heavy atom. The van der Waals surface area contributed by atoms with Crippen molar-refractivity contribution in [3.05, 3.63) is 47.5 Å². The largest absolute Gasteiger partial charge is 0.497 e. The van der Waals surface area contributed by atoms with E-state index in [0.29, 0.717) is 0 Å². The zero-order valence-electron chi connectivity index (χ0n) is 11.9. The number of rotatable bonds is 3. The van der Waals surface area contributed by atoms with Crippen LogP contribution in [-0.2, 0) is 13.0 Å². The fourth-order valence-corrected chi connectivity index (χ4v) is 2.79. The Kier molecular flexibility index (Phi) is 3.61. The van der Waals surface area contributed by atoms with Crippen molar-refractivity contribution in [3.63, 3.8) is 0 Å². The molecule has 0 saturated carbocycles. The van der Waals surface area contributed by atoms with E-state index in [9.17, 15) is 0 Å². The van der Waals surface area contributed by atoms with Crippen LogP contribution >= 0.6 is 0 Å². The molecular formula is C17H19NO2. The van der Waals surface area contributed by atoms with Crippen LogP contribution in [0, 0.1) is 0 Å². The lowest BCUT2D eigenvalue weighted by Gasteiger charge is -2.22. The Hall–Kier alpha value is -2.00. The molecule has 0 aliphatic carbocycles. The second-order valence-electron chi connectivity index (χ2n) is 4.94. The molecule has 0 spiro atoms. The van der Waals surface area contributed by atoms with Gasteiger partial charge in [-0.1, -0.05) is 18.2 Å². The zero-order valence-corrected chi connectivity index (χ0v) is 11.9. The van der Waals surface area contributed by atoms with Gasteiger partial charge in [0.1, 0.15) is 11.5 Å². The van der Waals surface area contributed by atoms with Crippen molar-refractivity contribution in [3.8, 4) is 22.6 Å². The number of fused-ring (bicyclic) bond motifs is 1. The van der Waals surface area contributed by atoms with E-state index in [1.165, 1.54) is 22.3 Å². The Balaban J connectivity index is 2.14. The van der Waals surface area contributed by atoms with Gasteiger partial charge in [-0.05, 0) is 47.9 Å². The van der Waals surface area contributed by atoms with Crippen LogP contribution in [0.2, 0.25) is 0 Å². The number of benzene rings is 2. The standard InChI is InChI=1S/C17H19NO2/c1-19-14-6-3-13(4-7-14)17-15-11-18-10-9-12(15)5-8-16(17)20-2/h3-8,18H,9-11H2,1-2H3. The molecule has 0 amide bonds. The Labute approximate surface area is 119 Å². The van der Waals surface area contributed by atoms with Gasteiger partial charge in [-0.2, -0.15) is 0 Å². The van der Waals surface area contributed by atoms with Gasteiger partial charge in [0.2, 0.25) is 0 Å². The van der Waals surface area contributed by atoms with E-state index in [1.807, 2.05) is 12.1 Å². The van der Waals surface area contributed by atoms with Gasteiger partial charge in [-0.15, -0.1) is 0 Å². The highest BCUT2D eigenvalue weighted by atomic mass is 16.5. The van der Waals surface area contributed by atoms with Gasteiger partial charge in [-0.25, -0.2) is 0 Å². The molecule has 0 aromatic heterocycles. The van der Waals surface area contributed by atoms with Gasteiger partial charge in [0.25, 0.3) is 0 Å². The summed E-state index contributed by atoms with van der Waals surface area (Å²) in [6, 6.07) is 12.4. The van der Waals surface area contributed by atoms with Crippen molar-refractivity contribution in [2.24, 2.45) is 0 Å². The highest BCUT2D eigenvalue weighted by molar-refractivity contribution is 5.76. The van der Waals surface area contributed by atoms with E-state index in [1.54, 1.807) is 14.2 Å². The quantitative estimate of drug-likeness (QED) is 0.929. The summed E-state index contributed by atoms with van der Waals surface area (Å²) in [4.78, 5) is 0. The van der Waals surface area contributed by atoms with Crippen LogP contribution in [0.4, 0.5) is 0 Å². The molecule has 3 rings (SSSR count). The monoisotopic (exact) mass is 269 g/mol. The molecule has 1 heterocycles. The normalized spacial score (nSPS) is 13.7. The number of nitrogens with one attached hydrogen (secondary N) is 1. The summed E-state index contributed by atoms with van der Waals surface area (Å²) in [7, 11) is 3.41. The van der Waals surface area contributed by atoms with Crippen LogP contribution in [0.15, 0.2) is 36.4 Å². The fraction of sp³-hybridized carbons (Fsp3) is 0.294. The highest BCUT2D eigenvalue weighted by Gasteiger charge is 2.18. The van der Waals surface area contributed by atoms with Crippen LogP contribution in [0.3, 0.4) is 0 Å². The predicted octanol–water partition coefficient (Wildman–Crippen LogP) is 3.02. The first kappa shape index (κ1) is 13.0. The topological polar surface area (TPSA) is 30.5 Å². The Morgan fingerprint density at radius 2 is 1.75 bits per heavy atom. The summed E-state index contributed by atoms with van der Waals surface area (Å²) in [6.45, 7) is 1.94. The van der Waals surface area contributed by atoms with Crippen molar-refractivity contribution in [1.29, 1.82) is 0 Å². The van der Waals surface area contributed by atoms with Crippen LogP contribution in [0.5, 0.6) is 11.5 Å². The van der Waals surface area contributed by atoms with Crippen molar-refractivity contribution < 1.29 is 9.47 Å². The third-order valence-corrected chi connectivity index (χ3v) is 3.84. The maximum Gasteiger partial charge on any atom is 0.127 e. The maximum absolute atomic E-state index is 5.56. The molecule has 2 aromatic carbocycles. The number of ether oxygens (including phenoxy) is 2. The minimum absolute atomic E-state index is 0.871. The van der Waals surface area contributed by atoms with Gasteiger partial charge in [0, 0.05) is 12.1 Å². The lowest BCUT2D eigenvalue weighted by molar-refractivity contribution is 0.413. The van der Waals surface area contributed by atoms with E-state index in [2.05, 4.69) is 29.6 Å². The molecule has 0 bridgehead atoms. The average molecular weight is 269 g/mol. The maximum atomic E-state index is 5.56.